The lowest BCUT2D eigenvalue weighted by Crippen LogP contribution is -2.40. The van der Waals surface area contributed by atoms with Crippen molar-refractivity contribution in [1.82, 2.24) is 14.9 Å². The molecule has 0 spiro atoms. The Bertz CT molecular complexity index is 572. The molecule has 1 aliphatic rings. The summed E-state index contributed by atoms with van der Waals surface area (Å²) < 4.78 is 1.79. The molecule has 1 fully saturated rings. The van der Waals surface area contributed by atoms with Crippen molar-refractivity contribution in [1.29, 1.82) is 0 Å². The van der Waals surface area contributed by atoms with Gasteiger partial charge < -0.3 is 10.4 Å². The Morgan fingerprint density at radius 1 is 1.50 bits per heavy atom. The number of aliphatic hydroxyl groups excluding tert-OH is 1. The molecule has 5 nitrogen and oxygen atoms in total. The zero-order chi connectivity index (χ0) is 12.5. The first kappa shape index (κ1) is 11.2. The van der Waals surface area contributed by atoms with Crippen LogP contribution in [0, 0.1) is 5.92 Å². The molecule has 18 heavy (non-hydrogen) atoms. The molecule has 0 bridgehead atoms. The molecular formula is C13H15N3O2. The molecule has 1 saturated carbocycles. The highest BCUT2D eigenvalue weighted by Crippen LogP contribution is 2.27. The number of aliphatic hydroxyl groups is 1. The zero-order valence-corrected chi connectivity index (χ0v) is 9.91. The standard InChI is InChI=1S/C13H15N3O2/c17-11-6-10(7-11)13(18)14-8-9-2-1-5-16-12(9)3-4-15-16/h1-5,10-11,17H,6-8H2,(H,14,18). The number of carbonyl (C=O) groups is 1. The number of nitrogens with zero attached hydrogens (tertiary/aromatic N) is 2. The van der Waals surface area contributed by atoms with E-state index in [1.165, 1.54) is 0 Å². The van der Waals surface area contributed by atoms with E-state index in [0.29, 0.717) is 19.4 Å². The summed E-state index contributed by atoms with van der Waals surface area (Å²) in [5.41, 5.74) is 2.05. The Morgan fingerprint density at radius 2 is 2.33 bits per heavy atom. The van der Waals surface area contributed by atoms with Gasteiger partial charge in [0.25, 0.3) is 0 Å². The molecule has 0 aliphatic heterocycles. The van der Waals surface area contributed by atoms with E-state index in [-0.39, 0.29) is 17.9 Å². The lowest BCUT2D eigenvalue weighted by Gasteiger charge is -2.30. The topological polar surface area (TPSA) is 66.6 Å². The Balaban J connectivity index is 1.66. The van der Waals surface area contributed by atoms with Gasteiger partial charge in [-0.05, 0) is 30.5 Å². The van der Waals surface area contributed by atoms with Crippen molar-refractivity contribution in [2.45, 2.75) is 25.5 Å². The summed E-state index contributed by atoms with van der Waals surface area (Å²) in [4.78, 5) is 11.8. The van der Waals surface area contributed by atoms with E-state index in [1.54, 1.807) is 10.7 Å². The molecule has 2 heterocycles. The fraction of sp³-hybridized carbons (Fsp3) is 0.385. The largest absolute Gasteiger partial charge is 0.393 e. The number of pyridine rings is 1. The third-order valence-corrected chi connectivity index (χ3v) is 3.46. The number of carbonyl (C=O) groups excluding carboxylic acids is 1. The van der Waals surface area contributed by atoms with Gasteiger partial charge in [0.05, 0.1) is 11.6 Å². The maximum atomic E-state index is 11.8. The molecule has 2 aromatic heterocycles. The Hall–Kier alpha value is -1.88. The highest BCUT2D eigenvalue weighted by Gasteiger charge is 2.32. The summed E-state index contributed by atoms with van der Waals surface area (Å²) in [6.07, 6.45) is 4.50. The van der Waals surface area contributed by atoms with E-state index < -0.39 is 0 Å². The van der Waals surface area contributed by atoms with E-state index in [9.17, 15) is 9.90 Å². The number of rotatable bonds is 3. The first-order valence-corrected chi connectivity index (χ1v) is 6.11. The SMILES string of the molecule is O=C(NCc1cccn2nccc12)C1CC(O)C1. The van der Waals surface area contributed by atoms with Crippen LogP contribution in [0.5, 0.6) is 0 Å². The van der Waals surface area contributed by atoms with Crippen LogP contribution in [0.15, 0.2) is 30.6 Å². The minimum atomic E-state index is -0.293. The highest BCUT2D eigenvalue weighted by molar-refractivity contribution is 5.79. The predicted octanol–water partition coefficient (Wildman–Crippen LogP) is 0.721. The second-order valence-electron chi connectivity index (χ2n) is 4.73. The van der Waals surface area contributed by atoms with E-state index in [2.05, 4.69) is 10.4 Å². The Morgan fingerprint density at radius 3 is 3.11 bits per heavy atom. The van der Waals surface area contributed by atoms with Crippen LogP contribution in [0.3, 0.4) is 0 Å². The summed E-state index contributed by atoms with van der Waals surface area (Å²) in [6, 6.07) is 5.82. The van der Waals surface area contributed by atoms with Crippen molar-refractivity contribution in [2.24, 2.45) is 5.92 Å². The van der Waals surface area contributed by atoms with Crippen LogP contribution < -0.4 is 5.32 Å². The summed E-state index contributed by atoms with van der Waals surface area (Å²) in [5.74, 6) is 0.00598. The monoisotopic (exact) mass is 245 g/mol. The first-order chi connectivity index (χ1) is 8.74. The maximum Gasteiger partial charge on any atom is 0.223 e. The quantitative estimate of drug-likeness (QED) is 0.837. The highest BCUT2D eigenvalue weighted by atomic mass is 16.3. The summed E-state index contributed by atoms with van der Waals surface area (Å²) >= 11 is 0. The second-order valence-corrected chi connectivity index (χ2v) is 4.73. The molecule has 94 valence electrons. The third kappa shape index (κ3) is 1.97. The molecule has 2 aromatic rings. The van der Waals surface area contributed by atoms with Crippen molar-refractivity contribution in [3.63, 3.8) is 0 Å². The minimum absolute atomic E-state index is 0.0235. The van der Waals surface area contributed by atoms with Gasteiger partial charge in [0.2, 0.25) is 5.91 Å². The Kier molecular flexibility index (Phi) is 2.76. The van der Waals surface area contributed by atoms with Gasteiger partial charge >= 0.3 is 0 Å². The van der Waals surface area contributed by atoms with Crippen LogP contribution >= 0.6 is 0 Å². The van der Waals surface area contributed by atoms with Crippen LogP contribution in [0.2, 0.25) is 0 Å². The van der Waals surface area contributed by atoms with Crippen molar-refractivity contribution >= 4 is 11.4 Å². The fourth-order valence-electron chi connectivity index (χ4n) is 2.29. The van der Waals surface area contributed by atoms with Crippen LogP contribution in [0.1, 0.15) is 18.4 Å². The molecule has 0 saturated heterocycles. The number of fused-ring (bicyclic) bond motifs is 1. The number of nitrogens with one attached hydrogen (secondary N) is 1. The lowest BCUT2D eigenvalue weighted by molar-refractivity contribution is -0.131. The van der Waals surface area contributed by atoms with E-state index >= 15 is 0 Å². The van der Waals surface area contributed by atoms with Crippen molar-refractivity contribution in [3.8, 4) is 0 Å². The van der Waals surface area contributed by atoms with E-state index in [0.717, 1.165) is 11.1 Å². The van der Waals surface area contributed by atoms with Gasteiger partial charge in [-0.1, -0.05) is 6.07 Å². The normalized spacial score (nSPS) is 22.7. The van der Waals surface area contributed by atoms with Gasteiger partial charge in [0.15, 0.2) is 0 Å². The molecule has 0 radical (unpaired) electrons. The molecular weight excluding hydrogens is 230 g/mol. The lowest BCUT2D eigenvalue weighted by atomic mass is 9.82. The number of amides is 1. The average Bonchev–Trinajstić information content (AvgIpc) is 2.80. The average molecular weight is 245 g/mol. The van der Waals surface area contributed by atoms with E-state index in [4.69, 9.17) is 0 Å². The summed E-state index contributed by atoms with van der Waals surface area (Å²) in [5, 5.41) is 16.2. The molecule has 2 N–H and O–H groups in total. The van der Waals surface area contributed by atoms with Gasteiger partial charge in [-0.2, -0.15) is 5.10 Å². The number of aromatic nitrogens is 2. The molecule has 1 amide bonds. The fourth-order valence-corrected chi connectivity index (χ4v) is 2.29. The molecule has 0 aromatic carbocycles. The molecule has 0 atom stereocenters. The Labute approximate surface area is 104 Å². The number of hydrogen-bond acceptors (Lipinski definition) is 3. The molecule has 3 rings (SSSR count). The first-order valence-electron chi connectivity index (χ1n) is 6.11. The summed E-state index contributed by atoms with van der Waals surface area (Å²) in [7, 11) is 0. The molecule has 5 heteroatoms. The maximum absolute atomic E-state index is 11.8. The van der Waals surface area contributed by atoms with Gasteiger partial charge in [-0.3, -0.25) is 4.79 Å². The van der Waals surface area contributed by atoms with Gasteiger partial charge in [0, 0.05) is 24.9 Å². The second kappa shape index (κ2) is 4.42. The van der Waals surface area contributed by atoms with Gasteiger partial charge in [0.1, 0.15) is 0 Å². The third-order valence-electron chi connectivity index (χ3n) is 3.46. The van der Waals surface area contributed by atoms with Crippen LogP contribution in [-0.4, -0.2) is 26.7 Å². The number of hydrogen-bond donors (Lipinski definition) is 2. The van der Waals surface area contributed by atoms with Crippen molar-refractivity contribution in [2.75, 3.05) is 0 Å². The van der Waals surface area contributed by atoms with E-state index in [1.807, 2.05) is 24.4 Å². The molecule has 1 aliphatic carbocycles. The van der Waals surface area contributed by atoms with Crippen molar-refractivity contribution in [3.05, 3.63) is 36.2 Å². The molecule has 0 unspecified atom stereocenters. The van der Waals surface area contributed by atoms with Crippen molar-refractivity contribution < 1.29 is 9.90 Å². The summed E-state index contributed by atoms with van der Waals surface area (Å²) in [6.45, 7) is 0.501. The zero-order valence-electron chi connectivity index (χ0n) is 9.91. The van der Waals surface area contributed by atoms with Crippen LogP contribution in [-0.2, 0) is 11.3 Å². The van der Waals surface area contributed by atoms with Gasteiger partial charge in [-0.15, -0.1) is 0 Å². The minimum Gasteiger partial charge on any atom is -0.393 e. The van der Waals surface area contributed by atoms with Gasteiger partial charge in [-0.25, -0.2) is 4.52 Å². The van der Waals surface area contributed by atoms with Crippen LogP contribution in [0.4, 0.5) is 0 Å². The predicted molar refractivity (Wildman–Crippen MR) is 65.8 cm³/mol. The van der Waals surface area contributed by atoms with Crippen LogP contribution in [0.25, 0.3) is 5.52 Å². The smallest absolute Gasteiger partial charge is 0.223 e.